The molecule has 72 valence electrons. The zero-order valence-corrected chi connectivity index (χ0v) is 7.73. The van der Waals surface area contributed by atoms with E-state index in [0.29, 0.717) is 13.0 Å². The molecule has 0 radical (unpaired) electrons. The van der Waals surface area contributed by atoms with E-state index in [2.05, 4.69) is 0 Å². The molecule has 0 aliphatic carbocycles. The molecule has 1 saturated heterocycles. The molecule has 2 N–H and O–H groups in total. The third-order valence-electron chi connectivity index (χ3n) is 2.34. The molecular formula is C9H18O3. The van der Waals surface area contributed by atoms with Gasteiger partial charge in [0.15, 0.2) is 0 Å². The first-order valence-corrected chi connectivity index (χ1v) is 4.60. The average molecular weight is 174 g/mol. The highest BCUT2D eigenvalue weighted by Gasteiger charge is 2.31. The minimum absolute atomic E-state index is 0.206. The van der Waals surface area contributed by atoms with Crippen molar-refractivity contribution in [1.29, 1.82) is 0 Å². The average Bonchev–Trinajstić information content (AvgIpc) is 2.15. The second-order valence-corrected chi connectivity index (χ2v) is 3.78. The van der Waals surface area contributed by atoms with Crippen molar-refractivity contribution in [3.8, 4) is 0 Å². The number of aliphatic hydroxyl groups is 2. The lowest BCUT2D eigenvalue weighted by molar-refractivity contribution is -0.0885. The van der Waals surface area contributed by atoms with Gasteiger partial charge in [-0.2, -0.15) is 0 Å². The van der Waals surface area contributed by atoms with E-state index in [-0.39, 0.29) is 12.0 Å². The van der Waals surface area contributed by atoms with Crippen molar-refractivity contribution >= 4 is 0 Å². The number of hydrogen-bond donors (Lipinski definition) is 2. The summed E-state index contributed by atoms with van der Waals surface area (Å²) in [6, 6.07) is 0. The van der Waals surface area contributed by atoms with Crippen molar-refractivity contribution in [3.05, 3.63) is 0 Å². The first-order chi connectivity index (χ1) is 5.63. The van der Waals surface area contributed by atoms with Gasteiger partial charge in [0.05, 0.1) is 12.2 Å². The van der Waals surface area contributed by atoms with Crippen LogP contribution in [0.3, 0.4) is 0 Å². The molecule has 0 aromatic rings. The van der Waals surface area contributed by atoms with Crippen LogP contribution in [0.5, 0.6) is 0 Å². The lowest BCUT2D eigenvalue weighted by Crippen LogP contribution is -2.40. The Hall–Kier alpha value is -0.120. The second-order valence-electron chi connectivity index (χ2n) is 3.78. The smallest absolute Gasteiger partial charge is 0.106 e. The lowest BCUT2D eigenvalue weighted by atomic mass is 9.97. The van der Waals surface area contributed by atoms with E-state index in [1.807, 2.05) is 13.8 Å². The minimum Gasteiger partial charge on any atom is -0.390 e. The molecular weight excluding hydrogens is 156 g/mol. The molecule has 0 aromatic heterocycles. The van der Waals surface area contributed by atoms with Gasteiger partial charge in [0.25, 0.3) is 0 Å². The molecule has 3 nitrogen and oxygen atoms in total. The van der Waals surface area contributed by atoms with Crippen LogP contribution in [0.15, 0.2) is 0 Å². The zero-order valence-electron chi connectivity index (χ0n) is 7.73. The largest absolute Gasteiger partial charge is 0.390 e. The van der Waals surface area contributed by atoms with Gasteiger partial charge in [-0.05, 0) is 18.8 Å². The van der Waals surface area contributed by atoms with Gasteiger partial charge >= 0.3 is 0 Å². The van der Waals surface area contributed by atoms with E-state index in [9.17, 15) is 10.2 Å². The SMILES string of the molecule is CC(C)C1OCCC[C@H](O)[C@@H]1O. The van der Waals surface area contributed by atoms with Crippen molar-refractivity contribution in [2.24, 2.45) is 5.92 Å². The summed E-state index contributed by atoms with van der Waals surface area (Å²) in [7, 11) is 0. The quantitative estimate of drug-likeness (QED) is 0.610. The summed E-state index contributed by atoms with van der Waals surface area (Å²) in [6.45, 7) is 4.63. The van der Waals surface area contributed by atoms with E-state index in [1.165, 1.54) is 0 Å². The molecule has 0 saturated carbocycles. The maximum atomic E-state index is 9.61. The van der Waals surface area contributed by atoms with E-state index in [1.54, 1.807) is 0 Å². The van der Waals surface area contributed by atoms with Crippen LogP contribution in [-0.4, -0.2) is 35.1 Å². The standard InChI is InChI=1S/C9H18O3/c1-6(2)9-8(11)7(10)4-3-5-12-9/h6-11H,3-5H2,1-2H3/t7-,8-,9?/m0/s1. The molecule has 0 aromatic carbocycles. The maximum Gasteiger partial charge on any atom is 0.106 e. The van der Waals surface area contributed by atoms with Gasteiger partial charge in [-0.25, -0.2) is 0 Å². The first-order valence-electron chi connectivity index (χ1n) is 4.60. The highest BCUT2D eigenvalue weighted by atomic mass is 16.5. The summed E-state index contributed by atoms with van der Waals surface area (Å²) in [5, 5.41) is 19.1. The predicted molar refractivity (Wildman–Crippen MR) is 45.8 cm³/mol. The van der Waals surface area contributed by atoms with Crippen LogP contribution in [0.2, 0.25) is 0 Å². The summed E-state index contributed by atoms with van der Waals surface area (Å²) in [5.41, 5.74) is 0. The van der Waals surface area contributed by atoms with Gasteiger partial charge in [-0.1, -0.05) is 13.8 Å². The Kier molecular flexibility index (Phi) is 3.50. The number of ether oxygens (including phenoxy) is 1. The van der Waals surface area contributed by atoms with Gasteiger partial charge in [0, 0.05) is 6.61 Å². The van der Waals surface area contributed by atoms with Crippen LogP contribution in [0.4, 0.5) is 0 Å². The topological polar surface area (TPSA) is 49.7 Å². The van der Waals surface area contributed by atoms with Crippen LogP contribution in [0, 0.1) is 5.92 Å². The monoisotopic (exact) mass is 174 g/mol. The molecule has 12 heavy (non-hydrogen) atoms. The van der Waals surface area contributed by atoms with Crippen LogP contribution < -0.4 is 0 Å². The molecule has 1 aliphatic heterocycles. The molecule has 3 heteroatoms. The number of hydrogen-bond acceptors (Lipinski definition) is 3. The summed E-state index contributed by atoms with van der Waals surface area (Å²) in [5.74, 6) is 0.257. The van der Waals surface area contributed by atoms with Crippen molar-refractivity contribution in [2.75, 3.05) is 6.61 Å². The summed E-state index contributed by atoms with van der Waals surface area (Å²) in [4.78, 5) is 0. The van der Waals surface area contributed by atoms with E-state index >= 15 is 0 Å². The van der Waals surface area contributed by atoms with Crippen molar-refractivity contribution in [3.63, 3.8) is 0 Å². The fraction of sp³-hybridized carbons (Fsp3) is 1.00. The fourth-order valence-corrected chi connectivity index (χ4v) is 1.59. The van der Waals surface area contributed by atoms with Crippen LogP contribution in [0.1, 0.15) is 26.7 Å². The third kappa shape index (κ3) is 2.19. The Bertz CT molecular complexity index is 136. The maximum absolute atomic E-state index is 9.61. The second kappa shape index (κ2) is 4.21. The van der Waals surface area contributed by atoms with E-state index in [4.69, 9.17) is 4.74 Å². The molecule has 1 rings (SSSR count). The molecule has 1 heterocycles. The number of aliphatic hydroxyl groups excluding tert-OH is 2. The predicted octanol–water partition coefficient (Wildman–Crippen LogP) is 0.543. The summed E-state index contributed by atoms with van der Waals surface area (Å²) < 4.78 is 5.44. The Morgan fingerprint density at radius 3 is 2.58 bits per heavy atom. The minimum atomic E-state index is -0.715. The Balaban J connectivity index is 2.58. The molecule has 1 fully saturated rings. The highest BCUT2D eigenvalue weighted by Crippen LogP contribution is 2.20. The molecule has 0 spiro atoms. The highest BCUT2D eigenvalue weighted by molar-refractivity contribution is 4.81. The van der Waals surface area contributed by atoms with Gasteiger partial charge < -0.3 is 14.9 Å². The third-order valence-corrected chi connectivity index (χ3v) is 2.34. The number of rotatable bonds is 1. The van der Waals surface area contributed by atoms with Crippen LogP contribution in [-0.2, 0) is 4.74 Å². The molecule has 1 unspecified atom stereocenters. The first kappa shape index (κ1) is 9.96. The van der Waals surface area contributed by atoms with E-state index in [0.717, 1.165) is 6.42 Å². The summed E-state index contributed by atoms with van der Waals surface area (Å²) in [6.07, 6.45) is -0.0545. The summed E-state index contributed by atoms with van der Waals surface area (Å²) >= 11 is 0. The normalized spacial score (nSPS) is 38.2. The van der Waals surface area contributed by atoms with Crippen LogP contribution >= 0.6 is 0 Å². The van der Waals surface area contributed by atoms with Crippen LogP contribution in [0.25, 0.3) is 0 Å². The molecule has 1 aliphatic rings. The Morgan fingerprint density at radius 2 is 2.00 bits per heavy atom. The Morgan fingerprint density at radius 1 is 1.33 bits per heavy atom. The fourth-order valence-electron chi connectivity index (χ4n) is 1.59. The van der Waals surface area contributed by atoms with Crippen molar-refractivity contribution in [1.82, 2.24) is 0 Å². The van der Waals surface area contributed by atoms with Crippen molar-refractivity contribution in [2.45, 2.75) is 45.0 Å². The molecule has 0 amide bonds. The Labute approximate surface area is 73.4 Å². The van der Waals surface area contributed by atoms with Gasteiger partial charge in [0.1, 0.15) is 6.10 Å². The lowest BCUT2D eigenvalue weighted by Gasteiger charge is -2.26. The van der Waals surface area contributed by atoms with Gasteiger partial charge in [-0.3, -0.25) is 0 Å². The molecule has 3 atom stereocenters. The van der Waals surface area contributed by atoms with Gasteiger partial charge in [-0.15, -0.1) is 0 Å². The van der Waals surface area contributed by atoms with Crippen molar-refractivity contribution < 1.29 is 14.9 Å². The zero-order chi connectivity index (χ0) is 9.14. The molecule has 0 bridgehead atoms. The van der Waals surface area contributed by atoms with E-state index < -0.39 is 12.2 Å². The van der Waals surface area contributed by atoms with Gasteiger partial charge in [0.2, 0.25) is 0 Å².